The molecule has 1 saturated heterocycles. The van der Waals surface area contributed by atoms with Crippen molar-refractivity contribution >= 4 is 18.3 Å². The number of hydrogen-bond donors (Lipinski definition) is 1. The summed E-state index contributed by atoms with van der Waals surface area (Å²) in [6.45, 7) is 3.61. The van der Waals surface area contributed by atoms with Crippen LogP contribution < -0.4 is 0 Å². The summed E-state index contributed by atoms with van der Waals surface area (Å²) in [5.74, 6) is -1.76. The van der Waals surface area contributed by atoms with E-state index in [0.29, 0.717) is 26.2 Å². The van der Waals surface area contributed by atoms with Crippen molar-refractivity contribution in [1.82, 2.24) is 4.90 Å². The average Bonchev–Trinajstić information content (AvgIpc) is 2.39. The molecule has 102 valence electrons. The second-order valence-electron chi connectivity index (χ2n) is 3.94. The largest absolute Gasteiger partial charge is 0.481 e. The van der Waals surface area contributed by atoms with Crippen molar-refractivity contribution in [2.45, 2.75) is 6.42 Å². The predicted molar refractivity (Wildman–Crippen MR) is 63.9 cm³/mol. The number of carbonyl (C=O) groups excluding carboxylic acids is 1. The summed E-state index contributed by atoms with van der Waals surface area (Å²) in [6, 6.07) is 0. The maximum atomic E-state index is 11.0. The predicted octanol–water partition coefficient (Wildman–Crippen LogP) is 0.247. The molecule has 0 aromatic heterocycles. The van der Waals surface area contributed by atoms with Crippen molar-refractivity contribution < 1.29 is 24.2 Å². The maximum absolute atomic E-state index is 11.0. The van der Waals surface area contributed by atoms with E-state index in [9.17, 15) is 9.59 Å². The topological polar surface area (TPSA) is 88.4 Å². The fourth-order valence-corrected chi connectivity index (χ4v) is 1.61. The zero-order chi connectivity index (χ0) is 13.4. The van der Waals surface area contributed by atoms with Crippen molar-refractivity contribution in [3.8, 4) is 0 Å². The summed E-state index contributed by atoms with van der Waals surface area (Å²) in [7, 11) is 1.20. The van der Waals surface area contributed by atoms with Crippen molar-refractivity contribution in [3.05, 3.63) is 0 Å². The lowest BCUT2D eigenvalue weighted by Gasteiger charge is -2.26. The molecule has 1 rings (SSSR count). The first-order chi connectivity index (χ1) is 8.63. The molecule has 18 heavy (non-hydrogen) atoms. The van der Waals surface area contributed by atoms with Gasteiger partial charge in [-0.3, -0.25) is 9.69 Å². The maximum Gasteiger partial charge on any atom is 0.432 e. The Kier molecular flexibility index (Phi) is 6.31. The molecule has 7 nitrogen and oxygen atoms in total. The number of carboxylic acids is 1. The Morgan fingerprint density at radius 3 is 2.72 bits per heavy atom. The van der Waals surface area contributed by atoms with Crippen molar-refractivity contribution in [3.63, 3.8) is 0 Å². The molecule has 0 aromatic carbocycles. The normalized spacial score (nSPS) is 18.7. The molecule has 1 aliphatic rings. The van der Waals surface area contributed by atoms with Gasteiger partial charge in [0.25, 0.3) is 0 Å². The van der Waals surface area contributed by atoms with Crippen LogP contribution in [0.5, 0.6) is 0 Å². The van der Waals surface area contributed by atoms with Gasteiger partial charge < -0.3 is 14.6 Å². The summed E-state index contributed by atoms with van der Waals surface area (Å²) < 4.78 is 9.52. The highest BCUT2D eigenvalue weighted by Gasteiger charge is 2.18. The molecule has 0 aromatic rings. The van der Waals surface area contributed by atoms with Crippen LogP contribution >= 0.6 is 0 Å². The molecule has 1 amide bonds. The van der Waals surface area contributed by atoms with E-state index in [4.69, 9.17) is 9.84 Å². The average molecular weight is 258 g/mol. The molecule has 0 aliphatic carbocycles. The second-order valence-corrected chi connectivity index (χ2v) is 3.94. The first-order valence-electron chi connectivity index (χ1n) is 5.78. The van der Waals surface area contributed by atoms with Gasteiger partial charge in [-0.15, -0.1) is 0 Å². The summed E-state index contributed by atoms with van der Waals surface area (Å²) >= 11 is 0. The number of carbonyl (C=O) groups is 2. The first kappa shape index (κ1) is 14.6. The van der Waals surface area contributed by atoms with Gasteiger partial charge in [-0.1, -0.05) is 0 Å². The zero-order valence-corrected chi connectivity index (χ0v) is 10.4. The molecular weight excluding hydrogens is 240 g/mol. The standard InChI is InChI=1S/C11H18N2O5/c1-17-11(16)12-8-9(10(14)15)2-3-13-4-6-18-7-5-13/h8-9H,2-7H2,1H3,(H,14,15)/b12-8+. The fraction of sp³-hybridized carbons (Fsp3) is 0.727. The number of carboxylic acid groups (broad SMARTS) is 1. The SMILES string of the molecule is COC(=O)/N=C/C(CCN1CCOCC1)C(=O)O. The van der Waals surface area contributed by atoms with Gasteiger partial charge in [0, 0.05) is 19.3 Å². The van der Waals surface area contributed by atoms with Crippen LogP contribution in [0.1, 0.15) is 6.42 Å². The molecule has 1 unspecified atom stereocenters. The van der Waals surface area contributed by atoms with Gasteiger partial charge in [0.15, 0.2) is 0 Å². The number of hydrogen-bond acceptors (Lipinski definition) is 5. The van der Waals surface area contributed by atoms with Crippen LogP contribution in [0, 0.1) is 5.92 Å². The molecule has 1 fully saturated rings. The lowest BCUT2D eigenvalue weighted by atomic mass is 10.1. The van der Waals surface area contributed by atoms with E-state index in [2.05, 4.69) is 14.6 Å². The van der Waals surface area contributed by atoms with E-state index in [-0.39, 0.29) is 0 Å². The number of aliphatic carboxylic acids is 1. The minimum absolute atomic E-state index is 0.413. The van der Waals surface area contributed by atoms with Gasteiger partial charge in [-0.05, 0) is 13.0 Å². The Morgan fingerprint density at radius 2 is 2.17 bits per heavy atom. The Hall–Kier alpha value is -1.47. The highest BCUT2D eigenvalue weighted by molar-refractivity contribution is 5.92. The van der Waals surface area contributed by atoms with Crippen LogP contribution in [0.2, 0.25) is 0 Å². The highest BCUT2D eigenvalue weighted by atomic mass is 16.5. The Bertz CT molecular complexity index is 313. The van der Waals surface area contributed by atoms with Crippen LogP contribution in [0.4, 0.5) is 4.79 Å². The van der Waals surface area contributed by atoms with E-state index in [0.717, 1.165) is 19.3 Å². The Balaban J connectivity index is 2.39. The molecule has 1 heterocycles. The lowest BCUT2D eigenvalue weighted by Crippen LogP contribution is -2.38. The first-order valence-corrected chi connectivity index (χ1v) is 5.78. The van der Waals surface area contributed by atoms with Crippen LogP contribution in [-0.2, 0) is 14.3 Å². The molecular formula is C11H18N2O5. The highest BCUT2D eigenvalue weighted by Crippen LogP contribution is 2.05. The van der Waals surface area contributed by atoms with Gasteiger partial charge in [0.1, 0.15) is 0 Å². The van der Waals surface area contributed by atoms with Crippen LogP contribution in [0.15, 0.2) is 4.99 Å². The van der Waals surface area contributed by atoms with Crippen molar-refractivity contribution in [2.75, 3.05) is 40.0 Å². The Morgan fingerprint density at radius 1 is 1.50 bits per heavy atom. The number of amides is 1. The third-order valence-corrected chi connectivity index (χ3v) is 2.71. The molecule has 1 atom stereocenters. The number of nitrogens with zero attached hydrogens (tertiary/aromatic N) is 2. The van der Waals surface area contributed by atoms with Crippen LogP contribution in [0.25, 0.3) is 0 Å². The third-order valence-electron chi connectivity index (χ3n) is 2.71. The second kappa shape index (κ2) is 7.78. The molecule has 7 heteroatoms. The number of ether oxygens (including phenoxy) is 2. The van der Waals surface area contributed by atoms with E-state index >= 15 is 0 Å². The van der Waals surface area contributed by atoms with E-state index < -0.39 is 18.0 Å². The number of morpholine rings is 1. The van der Waals surface area contributed by atoms with E-state index in [1.807, 2.05) is 0 Å². The minimum Gasteiger partial charge on any atom is -0.481 e. The molecule has 0 radical (unpaired) electrons. The summed E-state index contributed by atoms with van der Waals surface area (Å²) in [5.41, 5.74) is 0. The van der Waals surface area contributed by atoms with Gasteiger partial charge in [-0.2, -0.15) is 4.99 Å². The summed E-state index contributed by atoms with van der Waals surface area (Å²) in [6.07, 6.45) is 0.761. The van der Waals surface area contributed by atoms with E-state index in [1.54, 1.807) is 0 Å². The van der Waals surface area contributed by atoms with Crippen LogP contribution in [-0.4, -0.2) is 68.2 Å². The monoisotopic (exact) mass is 258 g/mol. The summed E-state index contributed by atoms with van der Waals surface area (Å²) in [5, 5.41) is 9.00. The van der Waals surface area contributed by atoms with E-state index in [1.165, 1.54) is 7.11 Å². The number of aliphatic imine (C=N–C) groups is 1. The zero-order valence-electron chi connectivity index (χ0n) is 10.4. The third kappa shape index (κ3) is 5.24. The molecule has 1 N–H and O–H groups in total. The number of rotatable bonds is 5. The fourth-order valence-electron chi connectivity index (χ4n) is 1.61. The molecule has 1 aliphatic heterocycles. The molecule has 0 saturated carbocycles. The van der Waals surface area contributed by atoms with Gasteiger partial charge >= 0.3 is 12.1 Å². The van der Waals surface area contributed by atoms with Gasteiger partial charge in [-0.25, -0.2) is 4.79 Å². The van der Waals surface area contributed by atoms with Gasteiger partial charge in [0.2, 0.25) is 0 Å². The van der Waals surface area contributed by atoms with Crippen LogP contribution in [0.3, 0.4) is 0 Å². The summed E-state index contributed by atoms with van der Waals surface area (Å²) in [4.78, 5) is 27.3. The molecule has 0 bridgehead atoms. The number of methoxy groups -OCH3 is 1. The van der Waals surface area contributed by atoms with Crippen molar-refractivity contribution in [1.29, 1.82) is 0 Å². The van der Waals surface area contributed by atoms with Crippen molar-refractivity contribution in [2.24, 2.45) is 10.9 Å². The van der Waals surface area contributed by atoms with Gasteiger partial charge in [0.05, 0.1) is 26.2 Å². The molecule has 0 spiro atoms. The smallest absolute Gasteiger partial charge is 0.432 e. The quantitative estimate of drug-likeness (QED) is 0.711. The lowest BCUT2D eigenvalue weighted by molar-refractivity contribution is -0.139. The minimum atomic E-state index is -0.990. The Labute approximate surface area is 105 Å².